The summed E-state index contributed by atoms with van der Waals surface area (Å²) in [5.41, 5.74) is 4.74. The predicted octanol–water partition coefficient (Wildman–Crippen LogP) is 5.43. The van der Waals surface area contributed by atoms with Crippen molar-refractivity contribution in [2.24, 2.45) is 0 Å². The molecular formula is C40H38N4O4. The minimum absolute atomic E-state index is 0.0358. The summed E-state index contributed by atoms with van der Waals surface area (Å²) >= 11 is 0. The van der Waals surface area contributed by atoms with Gasteiger partial charge in [-0.3, -0.25) is 19.2 Å². The van der Waals surface area contributed by atoms with Gasteiger partial charge in [0.05, 0.1) is 12.8 Å². The SMILES string of the molecule is O=C(Nc1ccc(C#Cc2ccc(NC(=O)[C@@H]3CCCN3C(=O)Cc3ccccc3)cc2)cc1)[C@@H]1CCCN1C(=O)Cc1ccccc1. The summed E-state index contributed by atoms with van der Waals surface area (Å²) in [4.78, 5) is 55.4. The van der Waals surface area contributed by atoms with Crippen LogP contribution in [0.4, 0.5) is 11.4 Å². The Kier molecular flexibility index (Phi) is 10.3. The molecule has 2 N–H and O–H groups in total. The number of carbonyl (C=O) groups is 4. The van der Waals surface area contributed by atoms with Crippen LogP contribution >= 0.6 is 0 Å². The average molecular weight is 639 g/mol. The summed E-state index contributed by atoms with van der Waals surface area (Å²) in [7, 11) is 0. The lowest BCUT2D eigenvalue weighted by atomic mass is 10.1. The Bertz CT molecular complexity index is 1680. The predicted molar refractivity (Wildman–Crippen MR) is 186 cm³/mol. The molecule has 242 valence electrons. The number of anilines is 2. The van der Waals surface area contributed by atoms with Crippen LogP contribution in [0, 0.1) is 11.8 Å². The van der Waals surface area contributed by atoms with E-state index in [9.17, 15) is 19.2 Å². The fourth-order valence-electron chi connectivity index (χ4n) is 6.29. The maximum absolute atomic E-state index is 13.1. The fraction of sp³-hybridized carbons (Fsp3) is 0.250. The summed E-state index contributed by atoms with van der Waals surface area (Å²) in [6.45, 7) is 1.17. The summed E-state index contributed by atoms with van der Waals surface area (Å²) in [5.74, 6) is 5.84. The quantitative estimate of drug-likeness (QED) is 0.252. The third kappa shape index (κ3) is 8.18. The third-order valence-electron chi connectivity index (χ3n) is 8.80. The van der Waals surface area contributed by atoms with Crippen molar-refractivity contribution in [1.82, 2.24) is 9.80 Å². The Morgan fingerprint density at radius 2 is 0.917 bits per heavy atom. The van der Waals surface area contributed by atoms with Gasteiger partial charge in [-0.1, -0.05) is 72.5 Å². The van der Waals surface area contributed by atoms with Gasteiger partial charge in [0.2, 0.25) is 23.6 Å². The number of benzene rings is 4. The van der Waals surface area contributed by atoms with Crippen LogP contribution in [0.3, 0.4) is 0 Å². The van der Waals surface area contributed by atoms with Crippen LogP contribution in [0.15, 0.2) is 109 Å². The van der Waals surface area contributed by atoms with E-state index in [1.807, 2.05) is 109 Å². The van der Waals surface area contributed by atoms with Crippen molar-refractivity contribution >= 4 is 35.0 Å². The van der Waals surface area contributed by atoms with Crippen molar-refractivity contribution in [3.8, 4) is 11.8 Å². The summed E-state index contributed by atoms with van der Waals surface area (Å²) < 4.78 is 0. The fourth-order valence-corrected chi connectivity index (χ4v) is 6.29. The number of rotatable bonds is 8. The molecule has 0 aliphatic carbocycles. The van der Waals surface area contributed by atoms with Crippen molar-refractivity contribution in [2.75, 3.05) is 23.7 Å². The smallest absolute Gasteiger partial charge is 0.247 e. The van der Waals surface area contributed by atoms with Crippen LogP contribution in [0.5, 0.6) is 0 Å². The second-order valence-electron chi connectivity index (χ2n) is 12.2. The maximum atomic E-state index is 13.1. The molecule has 6 rings (SSSR count). The molecule has 0 spiro atoms. The van der Waals surface area contributed by atoms with E-state index in [0.29, 0.717) is 37.3 Å². The van der Waals surface area contributed by atoms with Crippen LogP contribution in [0.2, 0.25) is 0 Å². The van der Waals surface area contributed by atoms with E-state index in [0.717, 1.165) is 35.1 Å². The third-order valence-corrected chi connectivity index (χ3v) is 8.80. The highest BCUT2D eigenvalue weighted by atomic mass is 16.2. The van der Waals surface area contributed by atoms with Gasteiger partial charge in [-0.15, -0.1) is 0 Å². The molecule has 0 radical (unpaired) electrons. The molecule has 2 aliphatic rings. The Labute approximate surface area is 281 Å². The van der Waals surface area contributed by atoms with Crippen LogP contribution < -0.4 is 10.6 Å². The van der Waals surface area contributed by atoms with Gasteiger partial charge >= 0.3 is 0 Å². The van der Waals surface area contributed by atoms with Crippen LogP contribution in [0.25, 0.3) is 0 Å². The van der Waals surface area contributed by atoms with Crippen LogP contribution in [0.1, 0.15) is 47.9 Å². The number of amides is 4. The van der Waals surface area contributed by atoms with Gasteiger partial charge in [-0.05, 0) is 85.3 Å². The van der Waals surface area contributed by atoms with Crippen molar-refractivity contribution in [3.63, 3.8) is 0 Å². The lowest BCUT2D eigenvalue weighted by Gasteiger charge is -2.24. The highest BCUT2D eigenvalue weighted by Crippen LogP contribution is 2.22. The number of hydrogen-bond donors (Lipinski definition) is 2. The van der Waals surface area contributed by atoms with Gasteiger partial charge in [-0.2, -0.15) is 0 Å². The monoisotopic (exact) mass is 638 g/mol. The Hall–Kier alpha value is -5.68. The standard InChI is InChI=1S/C40H38N4O4/c45-37(27-31-9-3-1-4-10-31)43-25-7-13-35(43)39(47)41-33-21-17-29(18-22-33)15-16-30-19-23-34(24-20-30)42-40(48)36-14-8-26-44(36)38(46)28-32-11-5-2-6-12-32/h1-6,9-12,17-24,35-36H,7-8,13-14,25-28H2,(H,41,47)(H,42,48)/t35-,36-/m0/s1. The summed E-state index contributed by atoms with van der Waals surface area (Å²) in [6, 6.07) is 32.8. The molecule has 0 bridgehead atoms. The Balaban J connectivity index is 0.995. The van der Waals surface area contributed by atoms with Crippen molar-refractivity contribution in [2.45, 2.75) is 50.6 Å². The number of nitrogens with zero attached hydrogens (tertiary/aromatic N) is 2. The molecule has 2 atom stereocenters. The molecule has 2 saturated heterocycles. The normalized spacial score (nSPS) is 16.9. The highest BCUT2D eigenvalue weighted by Gasteiger charge is 2.35. The van der Waals surface area contributed by atoms with Crippen LogP contribution in [-0.2, 0) is 32.0 Å². The number of hydrogen-bond acceptors (Lipinski definition) is 4. The molecule has 0 aromatic heterocycles. The first-order valence-electron chi connectivity index (χ1n) is 16.4. The maximum Gasteiger partial charge on any atom is 0.247 e. The second-order valence-corrected chi connectivity index (χ2v) is 12.2. The first-order chi connectivity index (χ1) is 23.4. The van der Waals surface area contributed by atoms with Crippen molar-refractivity contribution < 1.29 is 19.2 Å². The second kappa shape index (κ2) is 15.3. The molecule has 2 fully saturated rings. The van der Waals surface area contributed by atoms with Gasteiger partial charge < -0.3 is 20.4 Å². The van der Waals surface area contributed by atoms with E-state index in [2.05, 4.69) is 22.5 Å². The molecule has 48 heavy (non-hydrogen) atoms. The molecule has 2 heterocycles. The topological polar surface area (TPSA) is 98.8 Å². The first-order valence-corrected chi connectivity index (χ1v) is 16.4. The van der Waals surface area contributed by atoms with E-state index < -0.39 is 12.1 Å². The molecule has 8 heteroatoms. The zero-order valence-electron chi connectivity index (χ0n) is 26.7. The number of likely N-dealkylation sites (tertiary alicyclic amines) is 2. The molecule has 8 nitrogen and oxygen atoms in total. The molecule has 4 aromatic rings. The minimum Gasteiger partial charge on any atom is -0.330 e. The van der Waals surface area contributed by atoms with Gasteiger partial charge in [0.25, 0.3) is 0 Å². The van der Waals surface area contributed by atoms with Gasteiger partial charge in [0.1, 0.15) is 12.1 Å². The Morgan fingerprint density at radius 3 is 1.29 bits per heavy atom. The Morgan fingerprint density at radius 1 is 0.542 bits per heavy atom. The van der Waals surface area contributed by atoms with Crippen molar-refractivity contribution in [3.05, 3.63) is 131 Å². The minimum atomic E-state index is -0.479. The number of carbonyl (C=O) groups excluding carboxylic acids is 4. The van der Waals surface area contributed by atoms with E-state index in [1.165, 1.54) is 0 Å². The summed E-state index contributed by atoms with van der Waals surface area (Å²) in [5, 5.41) is 5.92. The first kappa shape index (κ1) is 32.3. The average Bonchev–Trinajstić information content (AvgIpc) is 3.81. The molecular weight excluding hydrogens is 600 g/mol. The molecule has 0 unspecified atom stereocenters. The largest absolute Gasteiger partial charge is 0.330 e. The van der Waals surface area contributed by atoms with Gasteiger partial charge in [0, 0.05) is 35.6 Å². The van der Waals surface area contributed by atoms with E-state index in [4.69, 9.17) is 0 Å². The molecule has 4 aromatic carbocycles. The zero-order valence-corrected chi connectivity index (χ0v) is 26.7. The molecule has 2 aliphatic heterocycles. The van der Waals surface area contributed by atoms with E-state index >= 15 is 0 Å². The van der Waals surface area contributed by atoms with Gasteiger partial charge in [0.15, 0.2) is 0 Å². The molecule has 4 amide bonds. The lowest BCUT2D eigenvalue weighted by Crippen LogP contribution is -2.43. The van der Waals surface area contributed by atoms with Crippen molar-refractivity contribution in [1.29, 1.82) is 0 Å². The summed E-state index contributed by atoms with van der Waals surface area (Å²) in [6.07, 6.45) is 3.46. The van der Waals surface area contributed by atoms with Crippen LogP contribution in [-0.4, -0.2) is 58.6 Å². The number of nitrogens with one attached hydrogen (secondary N) is 2. The van der Waals surface area contributed by atoms with E-state index in [-0.39, 0.29) is 36.5 Å². The highest BCUT2D eigenvalue weighted by molar-refractivity contribution is 5.98. The lowest BCUT2D eigenvalue weighted by molar-refractivity contribution is -0.136. The molecule has 0 saturated carbocycles. The zero-order chi connectivity index (χ0) is 33.3. The van der Waals surface area contributed by atoms with E-state index in [1.54, 1.807) is 9.80 Å². The van der Waals surface area contributed by atoms with Gasteiger partial charge in [-0.25, -0.2) is 0 Å².